The number of unbranched alkanes of at least 4 members (excludes halogenated alkanes) is 2. The van der Waals surface area contributed by atoms with Crippen LogP contribution < -0.4 is 20.1 Å². The number of hydrogen-bond acceptors (Lipinski definition) is 12. The SMILES string of the molecule is C[C@@H]1CN(CCCCCOc2ccc(S(=O)(=O)C[C@](C)(O)C(=O)Nc3ccc(C#N)c(C(F)(F)F)c3)cc2)CCN1c1cc(C2([SH](C)(N)=O)CC2)nc(-c2ccnc3[nH]ccc23)n1. The fourth-order valence-electron chi connectivity index (χ4n) is 8.00. The molecule has 5 N–H and O–H groups in total. The van der Waals surface area contributed by atoms with Crippen molar-refractivity contribution in [3.05, 3.63) is 89.9 Å². The van der Waals surface area contributed by atoms with Gasteiger partial charge in [0, 0.05) is 67.0 Å². The fourth-order valence-corrected chi connectivity index (χ4v) is 11.2. The lowest BCUT2D eigenvalue weighted by Gasteiger charge is -2.41. The number of sulfone groups is 1. The molecule has 1 saturated heterocycles. The molecule has 1 aliphatic carbocycles. The number of fused-ring (bicyclic) bond motifs is 1. The molecule has 2 atom stereocenters. The number of alkyl halides is 3. The second-order valence-electron chi connectivity index (χ2n) is 16.6. The Morgan fingerprint density at radius 1 is 1.10 bits per heavy atom. The van der Waals surface area contributed by atoms with Gasteiger partial charge in [-0.15, -0.1) is 0 Å². The number of nitriles is 1. The minimum Gasteiger partial charge on any atom is -0.494 e. The summed E-state index contributed by atoms with van der Waals surface area (Å²) in [5.74, 6) is -0.514. The van der Waals surface area contributed by atoms with E-state index < -0.39 is 59.3 Å². The minimum atomic E-state index is -4.88. The van der Waals surface area contributed by atoms with Crippen molar-refractivity contribution in [2.24, 2.45) is 5.14 Å². The maximum atomic E-state index is 13.4. The van der Waals surface area contributed by atoms with Gasteiger partial charge in [0.05, 0.1) is 44.9 Å². The third kappa shape index (κ3) is 10.0. The zero-order valence-electron chi connectivity index (χ0n) is 35.0. The smallest absolute Gasteiger partial charge is 0.417 e. The Morgan fingerprint density at radius 2 is 1.84 bits per heavy atom. The van der Waals surface area contributed by atoms with Gasteiger partial charge < -0.3 is 25.0 Å². The number of carbonyl (C=O) groups is 1. The first-order valence-corrected chi connectivity index (χ1v) is 24.4. The Labute approximate surface area is 364 Å². The number of H-pyrrole nitrogens is 1. The first-order chi connectivity index (χ1) is 29.7. The number of pyridine rings is 1. The van der Waals surface area contributed by atoms with Crippen molar-refractivity contribution in [2.75, 3.05) is 55.0 Å². The average molecular weight is 910 g/mol. The number of hydrogen-bond donors (Lipinski definition) is 5. The summed E-state index contributed by atoms with van der Waals surface area (Å²) in [6, 6.07) is 15.4. The highest BCUT2D eigenvalue weighted by molar-refractivity contribution is 8.01. The lowest BCUT2D eigenvalue weighted by Crippen LogP contribution is -2.52. The van der Waals surface area contributed by atoms with Gasteiger partial charge >= 0.3 is 6.18 Å². The highest BCUT2D eigenvalue weighted by Crippen LogP contribution is 2.53. The first-order valence-electron chi connectivity index (χ1n) is 20.5. The van der Waals surface area contributed by atoms with Gasteiger partial charge in [-0.2, -0.15) is 18.4 Å². The number of rotatable bonds is 16. The predicted octanol–water partition coefficient (Wildman–Crippen LogP) is 5.34. The maximum absolute atomic E-state index is 13.4. The molecule has 63 heavy (non-hydrogen) atoms. The van der Waals surface area contributed by atoms with Crippen molar-refractivity contribution in [3.63, 3.8) is 0 Å². The van der Waals surface area contributed by atoms with Gasteiger partial charge in [-0.1, -0.05) is 10.1 Å². The third-order valence-electron chi connectivity index (χ3n) is 11.7. The van der Waals surface area contributed by atoms with Crippen LogP contribution in [0.3, 0.4) is 0 Å². The number of thiol groups is 1. The van der Waals surface area contributed by atoms with Gasteiger partial charge in [-0.05, 0) is 107 Å². The van der Waals surface area contributed by atoms with Crippen LogP contribution >= 0.6 is 0 Å². The summed E-state index contributed by atoms with van der Waals surface area (Å²) in [5.41, 5.74) is -2.52. The normalized spacial score (nSPS) is 18.1. The van der Waals surface area contributed by atoms with E-state index in [4.69, 9.17) is 25.1 Å². The Morgan fingerprint density at radius 3 is 2.51 bits per heavy atom. The van der Waals surface area contributed by atoms with Crippen LogP contribution in [0.15, 0.2) is 78.0 Å². The van der Waals surface area contributed by atoms with E-state index in [-0.39, 0.29) is 16.6 Å². The Bertz CT molecular complexity index is 2690. The van der Waals surface area contributed by atoms with Crippen molar-refractivity contribution in [2.45, 2.75) is 73.4 Å². The molecule has 0 bridgehead atoms. The molecule has 0 unspecified atom stereocenters. The Balaban J connectivity index is 0.878. The molecule has 5 aromatic rings. The number of anilines is 2. The summed E-state index contributed by atoms with van der Waals surface area (Å²) < 4.78 is 84.9. The van der Waals surface area contributed by atoms with Crippen LogP contribution in [-0.2, 0) is 35.7 Å². The number of piperazine rings is 1. The quantitative estimate of drug-likeness (QED) is 0.0626. The van der Waals surface area contributed by atoms with Gasteiger partial charge in [0.2, 0.25) is 0 Å². The number of halogens is 3. The highest BCUT2D eigenvalue weighted by atomic mass is 32.3. The summed E-state index contributed by atoms with van der Waals surface area (Å²) in [6.07, 6.45) is 4.35. The van der Waals surface area contributed by atoms with E-state index in [0.717, 1.165) is 105 Å². The van der Waals surface area contributed by atoms with Crippen molar-refractivity contribution >= 4 is 48.4 Å². The third-order valence-corrected chi connectivity index (χ3v) is 16.0. The lowest BCUT2D eigenvalue weighted by atomic mass is 10.1. The van der Waals surface area contributed by atoms with Gasteiger partial charge in [-0.3, -0.25) is 19.0 Å². The largest absolute Gasteiger partial charge is 0.494 e. The van der Waals surface area contributed by atoms with E-state index in [1.165, 1.54) is 30.3 Å². The molecule has 20 heteroatoms. The lowest BCUT2D eigenvalue weighted by molar-refractivity contribution is -0.137. The van der Waals surface area contributed by atoms with Gasteiger partial charge in [0.1, 0.15) is 17.2 Å². The summed E-state index contributed by atoms with van der Waals surface area (Å²) in [5, 5.41) is 29.1. The Kier molecular flexibility index (Phi) is 12.7. The monoisotopic (exact) mass is 909 g/mol. The molecule has 1 saturated carbocycles. The fraction of sp³-hybridized carbons (Fsp3) is 0.419. The van der Waals surface area contributed by atoms with Crippen LogP contribution in [0.25, 0.3) is 22.4 Å². The van der Waals surface area contributed by atoms with Crippen molar-refractivity contribution < 1.29 is 40.4 Å². The second-order valence-corrected chi connectivity index (χ2v) is 21.5. The van der Waals surface area contributed by atoms with Crippen LogP contribution in [-0.4, -0.2) is 105 Å². The van der Waals surface area contributed by atoms with E-state index in [9.17, 15) is 35.7 Å². The number of aromatic nitrogens is 4. The molecule has 2 aromatic carbocycles. The summed E-state index contributed by atoms with van der Waals surface area (Å²) >= 11 is 0. The van der Waals surface area contributed by atoms with E-state index in [1.54, 1.807) is 12.5 Å². The predicted molar refractivity (Wildman–Crippen MR) is 234 cm³/mol. The van der Waals surface area contributed by atoms with E-state index in [0.29, 0.717) is 24.2 Å². The molecule has 0 radical (unpaired) electrons. The zero-order chi connectivity index (χ0) is 45.4. The second kappa shape index (κ2) is 17.6. The molecule has 3 aromatic heterocycles. The molecule has 0 spiro atoms. The van der Waals surface area contributed by atoms with Crippen LogP contribution in [0.1, 0.15) is 62.8 Å². The van der Waals surface area contributed by atoms with Crippen molar-refractivity contribution in [1.29, 1.82) is 5.26 Å². The van der Waals surface area contributed by atoms with Gasteiger partial charge in [0.15, 0.2) is 21.3 Å². The molecule has 1 aliphatic heterocycles. The Hall–Kier alpha value is -5.46. The molecule has 1 amide bonds. The number of benzene rings is 2. The molecule has 2 fully saturated rings. The molecule has 7 rings (SSSR count). The van der Waals surface area contributed by atoms with Crippen LogP contribution in [0.4, 0.5) is 24.7 Å². The first kappa shape index (κ1) is 45.6. The summed E-state index contributed by atoms with van der Waals surface area (Å²) in [7, 11) is -7.23. The molecular formula is C43H50F3N9O6S2. The van der Waals surface area contributed by atoms with Crippen LogP contribution in [0.2, 0.25) is 0 Å². The molecule has 15 nitrogen and oxygen atoms in total. The van der Waals surface area contributed by atoms with Gasteiger partial charge in [-0.25, -0.2) is 23.4 Å². The van der Waals surface area contributed by atoms with E-state index >= 15 is 0 Å². The number of nitrogens with one attached hydrogen (secondary N) is 2. The van der Waals surface area contributed by atoms with E-state index in [1.807, 2.05) is 24.4 Å². The molecule has 336 valence electrons. The van der Waals surface area contributed by atoms with Crippen LogP contribution in [0.5, 0.6) is 5.75 Å². The molecule has 4 heterocycles. The standard InChI is InChI=1S/C43H50F3N9O6S2/c1-28-26-54(20-21-55(28)37-24-36(42(15-16-42)62(3,48)58)52-39(53-37)34-14-18-50-38-33(34)13-17-49-38)19-5-4-6-22-61-31-9-11-32(12-10-31)63(59,60)27-41(2,57)40(56)51-30-8-7-29(25-47)35(23-30)43(44,45)46/h7-14,17-18,23-24,28,57,62H,4-6,15-16,19-22,26-27H2,1-3H3,(H2,48,58)(H,49,50)(H,51,56)/t28-,41+/m1/s1. The number of amides is 1. The highest BCUT2D eigenvalue weighted by Gasteiger charge is 2.53. The number of aromatic amines is 1. The molecular weight excluding hydrogens is 860 g/mol. The van der Waals surface area contributed by atoms with Crippen LogP contribution in [0, 0.1) is 11.3 Å². The number of nitrogens with zero attached hydrogens (tertiary/aromatic N) is 6. The zero-order valence-corrected chi connectivity index (χ0v) is 36.7. The number of ether oxygens (including phenoxy) is 1. The number of nitrogens with two attached hydrogens (primary N) is 1. The number of carbonyl (C=O) groups excluding carboxylic acids is 1. The minimum absolute atomic E-state index is 0.142. The van der Waals surface area contributed by atoms with Gasteiger partial charge in [0.25, 0.3) is 5.91 Å². The maximum Gasteiger partial charge on any atom is 0.417 e. The topological polar surface area (TPSA) is 221 Å². The average Bonchev–Trinajstić information content (AvgIpc) is 3.92. The number of aliphatic hydroxyl groups is 1. The summed E-state index contributed by atoms with van der Waals surface area (Å²) in [6.45, 7) is 6.82. The van der Waals surface area contributed by atoms with E-state index in [2.05, 4.69) is 32.0 Å². The van der Waals surface area contributed by atoms with Crippen molar-refractivity contribution in [3.8, 4) is 23.2 Å². The summed E-state index contributed by atoms with van der Waals surface area (Å²) in [4.78, 5) is 34.9. The molecule has 2 aliphatic rings. The van der Waals surface area contributed by atoms with Crippen molar-refractivity contribution in [1.82, 2.24) is 24.8 Å².